The van der Waals surface area contributed by atoms with Crippen molar-refractivity contribution in [2.45, 2.75) is 25.4 Å². The zero-order valence-electron chi connectivity index (χ0n) is 9.75. The molecule has 0 amide bonds. The minimum atomic E-state index is 0.508. The van der Waals surface area contributed by atoms with Gasteiger partial charge in [-0.2, -0.15) is 0 Å². The number of aryl methyl sites for hydroxylation is 1. The normalized spacial score (nSPS) is 18.0. The molecule has 2 aromatic rings. The van der Waals surface area contributed by atoms with Crippen LogP contribution in [0.2, 0.25) is 0 Å². The average Bonchev–Trinajstić information content (AvgIpc) is 2.92. The standard InChI is InChI=1S/C14H13Br2NS/c15-10-2-4-12-9(7-10)1-5-13(12)17-8-11-3-6-14(16)18-11/h2-4,6-7,13,17H,1,5,8H2. The molecule has 1 atom stereocenters. The van der Waals surface area contributed by atoms with Gasteiger partial charge in [-0.1, -0.05) is 22.0 Å². The van der Waals surface area contributed by atoms with Gasteiger partial charge in [0.1, 0.15) is 0 Å². The number of fused-ring (bicyclic) bond motifs is 1. The molecule has 1 N–H and O–H groups in total. The van der Waals surface area contributed by atoms with Gasteiger partial charge in [0.15, 0.2) is 0 Å². The first-order chi connectivity index (χ1) is 8.72. The lowest BCUT2D eigenvalue weighted by molar-refractivity contribution is 0.533. The fourth-order valence-electron chi connectivity index (χ4n) is 2.47. The van der Waals surface area contributed by atoms with E-state index >= 15 is 0 Å². The number of hydrogen-bond donors (Lipinski definition) is 1. The summed E-state index contributed by atoms with van der Waals surface area (Å²) in [6.07, 6.45) is 2.39. The molecule has 0 saturated carbocycles. The molecule has 1 aliphatic carbocycles. The fraction of sp³-hybridized carbons (Fsp3) is 0.286. The van der Waals surface area contributed by atoms with Crippen molar-refractivity contribution in [1.82, 2.24) is 5.32 Å². The number of thiophene rings is 1. The summed E-state index contributed by atoms with van der Waals surface area (Å²) >= 11 is 8.85. The van der Waals surface area contributed by atoms with Gasteiger partial charge in [-0.05, 0) is 64.2 Å². The van der Waals surface area contributed by atoms with Gasteiger partial charge in [0.2, 0.25) is 0 Å². The van der Waals surface area contributed by atoms with E-state index in [1.165, 1.54) is 37.1 Å². The Labute approximate surface area is 128 Å². The van der Waals surface area contributed by atoms with Crippen molar-refractivity contribution in [3.63, 3.8) is 0 Å². The molecule has 0 bridgehead atoms. The van der Waals surface area contributed by atoms with E-state index in [1.807, 2.05) is 0 Å². The predicted octanol–water partition coefficient (Wildman–Crippen LogP) is 5.05. The summed E-state index contributed by atoms with van der Waals surface area (Å²) in [7, 11) is 0. The van der Waals surface area contributed by atoms with Gasteiger partial charge in [0, 0.05) is 21.9 Å². The monoisotopic (exact) mass is 385 g/mol. The summed E-state index contributed by atoms with van der Waals surface area (Å²) in [6.45, 7) is 0.955. The van der Waals surface area contributed by atoms with Crippen LogP contribution in [0.15, 0.2) is 38.6 Å². The minimum absolute atomic E-state index is 0.508. The van der Waals surface area contributed by atoms with E-state index < -0.39 is 0 Å². The van der Waals surface area contributed by atoms with Gasteiger partial charge < -0.3 is 5.32 Å². The van der Waals surface area contributed by atoms with Crippen LogP contribution in [0.5, 0.6) is 0 Å². The van der Waals surface area contributed by atoms with Crippen LogP contribution in [0.1, 0.15) is 28.5 Å². The maximum atomic E-state index is 3.66. The summed E-state index contributed by atoms with van der Waals surface area (Å²) in [6, 6.07) is 11.4. The number of halogens is 2. The third-order valence-electron chi connectivity index (χ3n) is 3.33. The summed E-state index contributed by atoms with van der Waals surface area (Å²) < 4.78 is 2.39. The lowest BCUT2D eigenvalue weighted by Gasteiger charge is -2.13. The summed E-state index contributed by atoms with van der Waals surface area (Å²) in [5, 5.41) is 3.66. The van der Waals surface area contributed by atoms with Crippen molar-refractivity contribution in [1.29, 1.82) is 0 Å². The third kappa shape index (κ3) is 2.72. The topological polar surface area (TPSA) is 12.0 Å². The molecular weight excluding hydrogens is 374 g/mol. The van der Waals surface area contributed by atoms with Crippen molar-refractivity contribution in [3.8, 4) is 0 Å². The fourth-order valence-corrected chi connectivity index (χ4v) is 4.31. The minimum Gasteiger partial charge on any atom is -0.305 e. The predicted molar refractivity (Wildman–Crippen MR) is 84.1 cm³/mol. The van der Waals surface area contributed by atoms with Gasteiger partial charge in [-0.15, -0.1) is 11.3 Å². The van der Waals surface area contributed by atoms with Gasteiger partial charge in [0.25, 0.3) is 0 Å². The van der Waals surface area contributed by atoms with Gasteiger partial charge in [0.05, 0.1) is 3.79 Å². The Balaban J connectivity index is 1.69. The highest BCUT2D eigenvalue weighted by molar-refractivity contribution is 9.11. The molecule has 0 spiro atoms. The molecule has 1 unspecified atom stereocenters. The van der Waals surface area contributed by atoms with Crippen LogP contribution in [-0.4, -0.2) is 0 Å². The Morgan fingerprint density at radius 2 is 2.11 bits per heavy atom. The largest absolute Gasteiger partial charge is 0.305 e. The second kappa shape index (κ2) is 5.45. The van der Waals surface area contributed by atoms with E-state index in [4.69, 9.17) is 0 Å². The lowest BCUT2D eigenvalue weighted by Crippen LogP contribution is -2.17. The second-order valence-corrected chi connectivity index (χ2v) is 7.98. The highest BCUT2D eigenvalue weighted by Gasteiger charge is 2.21. The van der Waals surface area contributed by atoms with Crippen molar-refractivity contribution in [2.75, 3.05) is 0 Å². The van der Waals surface area contributed by atoms with Crippen LogP contribution >= 0.6 is 43.2 Å². The van der Waals surface area contributed by atoms with Gasteiger partial charge in [-0.25, -0.2) is 0 Å². The van der Waals surface area contributed by atoms with Gasteiger partial charge >= 0.3 is 0 Å². The Morgan fingerprint density at radius 1 is 1.22 bits per heavy atom. The first-order valence-corrected chi connectivity index (χ1v) is 8.38. The Kier molecular flexibility index (Phi) is 3.89. The van der Waals surface area contributed by atoms with E-state index in [1.54, 1.807) is 11.3 Å². The summed E-state index contributed by atoms with van der Waals surface area (Å²) in [5.74, 6) is 0. The maximum Gasteiger partial charge on any atom is 0.0701 e. The number of nitrogens with one attached hydrogen (secondary N) is 1. The molecule has 1 aromatic heterocycles. The zero-order chi connectivity index (χ0) is 12.5. The second-order valence-electron chi connectivity index (χ2n) is 4.52. The van der Waals surface area contributed by atoms with E-state index in [0.717, 1.165) is 6.54 Å². The highest BCUT2D eigenvalue weighted by atomic mass is 79.9. The molecule has 1 aromatic carbocycles. The average molecular weight is 387 g/mol. The summed E-state index contributed by atoms with van der Waals surface area (Å²) in [4.78, 5) is 1.38. The molecule has 1 aliphatic rings. The molecular formula is C14H13Br2NS. The van der Waals surface area contributed by atoms with Crippen molar-refractivity contribution in [2.24, 2.45) is 0 Å². The first kappa shape index (κ1) is 12.9. The van der Waals surface area contributed by atoms with Crippen LogP contribution < -0.4 is 5.32 Å². The molecule has 1 heterocycles. The summed E-state index contributed by atoms with van der Waals surface area (Å²) in [5.41, 5.74) is 2.95. The molecule has 18 heavy (non-hydrogen) atoms. The van der Waals surface area contributed by atoms with Crippen LogP contribution in [0, 0.1) is 0 Å². The van der Waals surface area contributed by atoms with Crippen LogP contribution in [-0.2, 0) is 13.0 Å². The molecule has 0 saturated heterocycles. The van der Waals surface area contributed by atoms with E-state index in [9.17, 15) is 0 Å². The zero-order valence-corrected chi connectivity index (χ0v) is 13.7. The molecule has 4 heteroatoms. The first-order valence-electron chi connectivity index (χ1n) is 5.98. The third-order valence-corrected chi connectivity index (χ3v) is 5.45. The van der Waals surface area contributed by atoms with E-state index in [0.29, 0.717) is 6.04 Å². The van der Waals surface area contributed by atoms with E-state index in [2.05, 4.69) is 67.5 Å². The lowest BCUT2D eigenvalue weighted by atomic mass is 10.1. The number of benzene rings is 1. The van der Waals surface area contributed by atoms with Crippen molar-refractivity contribution < 1.29 is 0 Å². The highest BCUT2D eigenvalue weighted by Crippen LogP contribution is 2.33. The Hall–Kier alpha value is -0.160. The smallest absolute Gasteiger partial charge is 0.0701 e. The number of rotatable bonds is 3. The molecule has 1 nitrogen and oxygen atoms in total. The van der Waals surface area contributed by atoms with Crippen molar-refractivity contribution >= 4 is 43.2 Å². The van der Waals surface area contributed by atoms with Gasteiger partial charge in [-0.3, -0.25) is 0 Å². The Morgan fingerprint density at radius 3 is 2.89 bits per heavy atom. The van der Waals surface area contributed by atoms with Crippen LogP contribution in [0.4, 0.5) is 0 Å². The maximum absolute atomic E-state index is 3.66. The van der Waals surface area contributed by atoms with E-state index in [-0.39, 0.29) is 0 Å². The molecule has 0 fully saturated rings. The van der Waals surface area contributed by atoms with Crippen LogP contribution in [0.3, 0.4) is 0 Å². The quantitative estimate of drug-likeness (QED) is 0.778. The SMILES string of the molecule is Brc1ccc2c(c1)CCC2NCc1ccc(Br)s1. The molecule has 0 aliphatic heterocycles. The van der Waals surface area contributed by atoms with Crippen LogP contribution in [0.25, 0.3) is 0 Å². The Bertz CT molecular complexity index is 565. The molecule has 94 valence electrons. The molecule has 0 radical (unpaired) electrons. The number of hydrogen-bond acceptors (Lipinski definition) is 2. The molecule has 3 rings (SSSR count). The van der Waals surface area contributed by atoms with Crippen molar-refractivity contribution in [3.05, 3.63) is 54.6 Å².